The third-order valence-corrected chi connectivity index (χ3v) is 5.38. The molecular weight excluding hydrogens is 382 g/mol. The van der Waals surface area contributed by atoms with Gasteiger partial charge in [0.25, 0.3) is 5.91 Å². The zero-order valence-electron chi connectivity index (χ0n) is 16.9. The van der Waals surface area contributed by atoms with E-state index < -0.39 is 0 Å². The van der Waals surface area contributed by atoms with Crippen molar-refractivity contribution < 1.29 is 9.53 Å². The number of hydrogen-bond acceptors (Lipinski definition) is 3. The second-order valence-corrected chi connectivity index (χ2v) is 7.63. The number of amides is 1. The first-order valence-electron chi connectivity index (χ1n) is 10.2. The van der Waals surface area contributed by atoms with Crippen LogP contribution in [0.15, 0.2) is 48.5 Å². The third-order valence-electron chi connectivity index (χ3n) is 5.13. The molecule has 5 nitrogen and oxygen atoms in total. The molecule has 3 rings (SSSR count). The number of nitrogens with one attached hydrogen (secondary N) is 2. The number of anilines is 1. The summed E-state index contributed by atoms with van der Waals surface area (Å²) in [6.45, 7) is 2.50. The molecule has 1 amide bonds. The Morgan fingerprint density at radius 1 is 1.07 bits per heavy atom. The summed E-state index contributed by atoms with van der Waals surface area (Å²) in [7, 11) is 1.70. The summed E-state index contributed by atoms with van der Waals surface area (Å²) in [6.07, 6.45) is 5.29. The molecule has 1 aliphatic rings. The maximum Gasteiger partial charge on any atom is 0.253 e. The highest BCUT2D eigenvalue weighted by molar-refractivity contribution is 7.80. The van der Waals surface area contributed by atoms with E-state index in [4.69, 9.17) is 17.0 Å². The normalized spacial score (nSPS) is 13.6. The summed E-state index contributed by atoms with van der Waals surface area (Å²) in [5, 5.41) is 7.00. The molecule has 2 N–H and O–H groups in total. The minimum atomic E-state index is 0.119. The Balaban J connectivity index is 1.41. The Bertz CT molecular complexity index is 817. The summed E-state index contributed by atoms with van der Waals surface area (Å²) >= 11 is 5.38. The van der Waals surface area contributed by atoms with Crippen LogP contribution in [0.4, 0.5) is 5.69 Å². The number of carbonyl (C=O) groups excluding carboxylic acids is 1. The van der Waals surface area contributed by atoms with Crippen molar-refractivity contribution in [2.45, 2.75) is 32.1 Å². The fourth-order valence-electron chi connectivity index (χ4n) is 3.54. The van der Waals surface area contributed by atoms with E-state index >= 15 is 0 Å². The Morgan fingerprint density at radius 3 is 2.52 bits per heavy atom. The number of aryl methyl sites for hydroxylation is 1. The number of piperidine rings is 1. The lowest BCUT2D eigenvalue weighted by atomic mass is 10.1. The van der Waals surface area contributed by atoms with E-state index in [-0.39, 0.29) is 5.91 Å². The molecule has 0 spiro atoms. The summed E-state index contributed by atoms with van der Waals surface area (Å²) in [5.41, 5.74) is 2.81. The highest BCUT2D eigenvalue weighted by Crippen LogP contribution is 2.18. The Morgan fingerprint density at radius 2 is 1.79 bits per heavy atom. The molecule has 154 valence electrons. The molecule has 29 heavy (non-hydrogen) atoms. The summed E-state index contributed by atoms with van der Waals surface area (Å²) in [6, 6.07) is 15.6. The number of hydrogen-bond donors (Lipinski definition) is 2. The van der Waals surface area contributed by atoms with E-state index in [1.54, 1.807) is 7.11 Å². The standard InChI is InChI=1S/C23H29N3O2S/c1-28-21-10-4-3-8-18(21)9-7-15-24-23(29)25-20-13-11-19(12-14-20)22(27)26-16-5-2-6-17-26/h3-4,8,10-14H,2,5-7,9,15-17H2,1H3,(H2,24,25,29). The van der Waals surface area contributed by atoms with Gasteiger partial charge in [-0.05, 0) is 80.2 Å². The van der Waals surface area contributed by atoms with Crippen molar-refractivity contribution in [3.8, 4) is 5.75 Å². The number of carbonyl (C=O) groups is 1. The van der Waals surface area contributed by atoms with Gasteiger partial charge in [0, 0.05) is 30.9 Å². The molecule has 1 heterocycles. The van der Waals surface area contributed by atoms with Gasteiger partial charge in [-0.1, -0.05) is 18.2 Å². The van der Waals surface area contributed by atoms with E-state index in [9.17, 15) is 4.79 Å². The highest BCUT2D eigenvalue weighted by Gasteiger charge is 2.17. The highest BCUT2D eigenvalue weighted by atomic mass is 32.1. The fourth-order valence-corrected chi connectivity index (χ4v) is 3.76. The number of methoxy groups -OCH3 is 1. The van der Waals surface area contributed by atoms with Crippen LogP contribution in [0.2, 0.25) is 0 Å². The molecule has 0 saturated carbocycles. The molecule has 2 aromatic carbocycles. The molecule has 0 unspecified atom stereocenters. The Hall–Kier alpha value is -2.60. The maximum atomic E-state index is 12.5. The summed E-state index contributed by atoms with van der Waals surface area (Å²) in [5.74, 6) is 1.04. The molecular formula is C23H29N3O2S. The first-order chi connectivity index (χ1) is 14.2. The van der Waals surface area contributed by atoms with Crippen molar-refractivity contribution in [3.05, 3.63) is 59.7 Å². The van der Waals surface area contributed by atoms with Crippen molar-refractivity contribution in [1.29, 1.82) is 0 Å². The van der Waals surface area contributed by atoms with Gasteiger partial charge in [0.2, 0.25) is 0 Å². The van der Waals surface area contributed by atoms with Gasteiger partial charge >= 0.3 is 0 Å². The molecule has 0 atom stereocenters. The van der Waals surface area contributed by atoms with Crippen LogP contribution in [-0.2, 0) is 6.42 Å². The van der Waals surface area contributed by atoms with Crippen molar-refractivity contribution in [3.63, 3.8) is 0 Å². The molecule has 1 fully saturated rings. The van der Waals surface area contributed by atoms with Gasteiger partial charge in [-0.25, -0.2) is 0 Å². The van der Waals surface area contributed by atoms with Crippen LogP contribution in [0.1, 0.15) is 41.6 Å². The zero-order valence-corrected chi connectivity index (χ0v) is 17.8. The van der Waals surface area contributed by atoms with E-state index in [2.05, 4.69) is 16.7 Å². The van der Waals surface area contributed by atoms with Crippen LogP contribution in [0, 0.1) is 0 Å². The monoisotopic (exact) mass is 411 g/mol. The number of thiocarbonyl (C=S) groups is 1. The van der Waals surface area contributed by atoms with Crippen LogP contribution in [0.3, 0.4) is 0 Å². The molecule has 0 bridgehead atoms. The molecule has 6 heteroatoms. The first-order valence-corrected chi connectivity index (χ1v) is 10.6. The van der Waals surface area contributed by atoms with Crippen LogP contribution in [0.25, 0.3) is 0 Å². The predicted octanol–water partition coefficient (Wildman–Crippen LogP) is 4.24. The smallest absolute Gasteiger partial charge is 0.253 e. The lowest BCUT2D eigenvalue weighted by Crippen LogP contribution is -2.35. The average molecular weight is 412 g/mol. The first kappa shape index (κ1) is 21.1. The lowest BCUT2D eigenvalue weighted by molar-refractivity contribution is 0.0724. The topological polar surface area (TPSA) is 53.6 Å². The van der Waals surface area contributed by atoms with Gasteiger partial charge in [0.05, 0.1) is 7.11 Å². The van der Waals surface area contributed by atoms with Crippen molar-refractivity contribution >= 4 is 28.9 Å². The number of rotatable bonds is 7. The van der Waals surface area contributed by atoms with Crippen LogP contribution < -0.4 is 15.4 Å². The lowest BCUT2D eigenvalue weighted by Gasteiger charge is -2.26. The summed E-state index contributed by atoms with van der Waals surface area (Å²) in [4.78, 5) is 14.5. The fraction of sp³-hybridized carbons (Fsp3) is 0.391. The van der Waals surface area contributed by atoms with Gasteiger partial charge < -0.3 is 20.3 Å². The zero-order chi connectivity index (χ0) is 20.5. The molecule has 2 aromatic rings. The Labute approximate surface area is 178 Å². The quantitative estimate of drug-likeness (QED) is 0.527. The van der Waals surface area contributed by atoms with Gasteiger partial charge in [0.1, 0.15) is 5.75 Å². The van der Waals surface area contributed by atoms with Crippen molar-refractivity contribution in [2.24, 2.45) is 0 Å². The van der Waals surface area contributed by atoms with Gasteiger partial charge in [0.15, 0.2) is 5.11 Å². The molecule has 1 saturated heterocycles. The number of para-hydroxylation sites is 1. The minimum Gasteiger partial charge on any atom is -0.496 e. The summed E-state index contributed by atoms with van der Waals surface area (Å²) < 4.78 is 5.38. The third kappa shape index (κ3) is 6.19. The van der Waals surface area contributed by atoms with Crippen molar-refractivity contribution in [2.75, 3.05) is 32.1 Å². The molecule has 0 radical (unpaired) electrons. The number of ether oxygens (including phenoxy) is 1. The van der Waals surface area contributed by atoms with Gasteiger partial charge in [-0.15, -0.1) is 0 Å². The minimum absolute atomic E-state index is 0.119. The molecule has 0 aromatic heterocycles. The van der Waals surface area contributed by atoms with E-state index in [0.717, 1.165) is 62.3 Å². The number of nitrogens with zero attached hydrogens (tertiary/aromatic N) is 1. The second-order valence-electron chi connectivity index (χ2n) is 7.23. The van der Waals surface area contributed by atoms with E-state index in [1.165, 1.54) is 12.0 Å². The Kier molecular flexibility index (Phi) is 7.87. The van der Waals surface area contributed by atoms with Crippen LogP contribution >= 0.6 is 12.2 Å². The van der Waals surface area contributed by atoms with E-state index in [0.29, 0.717) is 5.11 Å². The van der Waals surface area contributed by atoms with Crippen LogP contribution in [-0.4, -0.2) is 42.7 Å². The van der Waals surface area contributed by atoms with Crippen LogP contribution in [0.5, 0.6) is 5.75 Å². The second kappa shape index (κ2) is 10.8. The maximum absolute atomic E-state index is 12.5. The van der Waals surface area contributed by atoms with Gasteiger partial charge in [-0.3, -0.25) is 4.79 Å². The average Bonchev–Trinajstić information content (AvgIpc) is 2.77. The molecule has 0 aliphatic carbocycles. The van der Waals surface area contributed by atoms with E-state index in [1.807, 2.05) is 47.4 Å². The van der Waals surface area contributed by atoms with Gasteiger partial charge in [-0.2, -0.15) is 0 Å². The van der Waals surface area contributed by atoms with Crippen molar-refractivity contribution in [1.82, 2.24) is 10.2 Å². The predicted molar refractivity (Wildman–Crippen MR) is 122 cm³/mol. The molecule has 1 aliphatic heterocycles. The number of likely N-dealkylation sites (tertiary alicyclic amines) is 1. The largest absolute Gasteiger partial charge is 0.496 e. The number of benzene rings is 2. The SMILES string of the molecule is COc1ccccc1CCCNC(=S)Nc1ccc(C(=O)N2CCCCC2)cc1.